The number of hydrogen-bond acceptors (Lipinski definition) is 4. The molecular weight excluding hydrogens is 789 g/mol. The van der Waals surface area contributed by atoms with E-state index >= 15 is 0 Å². The molecule has 0 N–H and O–H groups in total. The number of hydrogen-bond donors (Lipinski definition) is 0. The molecule has 5 nitrogen and oxygen atoms in total. The summed E-state index contributed by atoms with van der Waals surface area (Å²) in [5.74, 6) is 0. The lowest BCUT2D eigenvalue weighted by molar-refractivity contribution is -0.439. The molecule has 0 aliphatic heterocycles. The molecule has 0 fully saturated rings. The summed E-state index contributed by atoms with van der Waals surface area (Å²) in [6, 6.07) is 20.5. The molecule has 0 saturated carbocycles. The van der Waals surface area contributed by atoms with Crippen LogP contribution in [0.1, 0.15) is 50.7 Å². The van der Waals surface area contributed by atoms with Gasteiger partial charge >= 0.3 is 0 Å². The van der Waals surface area contributed by atoms with Gasteiger partial charge in [-0.2, -0.15) is 4.58 Å². The van der Waals surface area contributed by atoms with E-state index in [4.69, 9.17) is 69.6 Å². The first-order valence-corrected chi connectivity index (χ1v) is 20.0. The van der Waals surface area contributed by atoms with E-state index < -0.39 is 10.1 Å². The molecule has 266 valence electrons. The molecule has 0 unspecified atom stereocenters. The van der Waals surface area contributed by atoms with E-state index in [2.05, 4.69) is 13.8 Å². The van der Waals surface area contributed by atoms with Gasteiger partial charge < -0.3 is 9.45 Å². The minimum Gasteiger partial charge on any atom is -0.744 e. The predicted molar refractivity (Wildman–Crippen MR) is 215 cm³/mol. The van der Waals surface area contributed by atoms with Gasteiger partial charge in [0.05, 0.1) is 20.6 Å². The molecule has 12 heteroatoms. The van der Waals surface area contributed by atoms with E-state index in [1.165, 1.54) is 12.1 Å². The van der Waals surface area contributed by atoms with Crippen LogP contribution in [0.3, 0.4) is 0 Å². The maximum atomic E-state index is 12.5. The lowest BCUT2D eigenvalue weighted by atomic mass is 9.90. The molecule has 4 aromatic carbocycles. The number of rotatable bonds is 12. The van der Waals surface area contributed by atoms with E-state index in [9.17, 15) is 13.0 Å². The number of unbranched alkanes of at least 4 members (excludes halogenated alkanes) is 2. The van der Waals surface area contributed by atoms with Crippen LogP contribution in [0.15, 0.2) is 108 Å². The Kier molecular flexibility index (Phi) is 13.4. The van der Waals surface area contributed by atoms with Gasteiger partial charge in [-0.3, -0.25) is 0 Å². The summed E-state index contributed by atoms with van der Waals surface area (Å²) in [5.41, 5.74) is 5.15. The van der Waals surface area contributed by atoms with Gasteiger partial charge in [-0.25, -0.2) is 8.42 Å². The van der Waals surface area contributed by atoms with Gasteiger partial charge in [0.1, 0.15) is 26.7 Å². The summed E-state index contributed by atoms with van der Waals surface area (Å²) < 4.78 is 39.7. The van der Waals surface area contributed by atoms with Crippen molar-refractivity contribution in [2.75, 3.05) is 18.0 Å². The summed E-state index contributed by atoms with van der Waals surface area (Å²) in [7, 11) is -4.82. The van der Waals surface area contributed by atoms with E-state index in [1.807, 2.05) is 58.0 Å². The minimum absolute atomic E-state index is 0.284. The maximum Gasteiger partial charge on any atom is 0.243 e. The topological polar surface area (TPSA) is 63.5 Å². The van der Waals surface area contributed by atoms with Crippen molar-refractivity contribution in [2.45, 2.75) is 44.4 Å². The molecule has 1 aliphatic rings. The Balaban J connectivity index is 1.68. The first-order valence-electron chi connectivity index (χ1n) is 16.3. The molecule has 51 heavy (non-hydrogen) atoms. The highest BCUT2D eigenvalue weighted by molar-refractivity contribution is 7.85. The lowest BCUT2D eigenvalue weighted by Crippen LogP contribution is -2.19. The van der Waals surface area contributed by atoms with Gasteiger partial charge in [0, 0.05) is 46.4 Å². The average molecular weight is 823 g/mol. The predicted octanol–water partition coefficient (Wildman–Crippen LogP) is 13.0. The fourth-order valence-electron chi connectivity index (χ4n) is 5.94. The van der Waals surface area contributed by atoms with Crippen molar-refractivity contribution in [1.82, 2.24) is 0 Å². The SMILES string of the molecule is CCCCN(c1ccc(C(=C2C=CC(=[N+](CCCC)c3c(Cl)cc(Cl)cc3Cl)C=C2)c2ccccc2S(=O)(=O)[O-])cc1)c1c(Cl)cc(Cl)cc1Cl. The number of anilines is 2. The fourth-order valence-corrected chi connectivity index (χ4v) is 8.67. The zero-order chi connectivity index (χ0) is 36.9. The second-order valence-corrected chi connectivity index (χ2v) is 15.7. The average Bonchev–Trinajstić information content (AvgIpc) is 3.07. The Morgan fingerprint density at radius 2 is 1.27 bits per heavy atom. The third-order valence-corrected chi connectivity index (χ3v) is 10.8. The number of nitrogens with zero attached hydrogens (tertiary/aromatic N) is 2. The van der Waals surface area contributed by atoms with Crippen molar-refractivity contribution in [1.29, 1.82) is 0 Å². The van der Waals surface area contributed by atoms with Gasteiger partial charge in [0.15, 0.2) is 0 Å². The van der Waals surface area contributed by atoms with Gasteiger partial charge in [0.2, 0.25) is 11.4 Å². The third kappa shape index (κ3) is 9.24. The Morgan fingerprint density at radius 3 is 1.82 bits per heavy atom. The van der Waals surface area contributed by atoms with Crippen LogP contribution < -0.4 is 4.90 Å². The molecular formula is C39H34Cl6N2O3S. The van der Waals surface area contributed by atoms with Crippen molar-refractivity contribution in [3.8, 4) is 0 Å². The highest BCUT2D eigenvalue weighted by Crippen LogP contribution is 2.42. The van der Waals surface area contributed by atoms with Crippen molar-refractivity contribution >= 4 is 108 Å². The summed E-state index contributed by atoms with van der Waals surface area (Å²) in [5, 5.41) is 2.55. The molecule has 0 radical (unpaired) electrons. The molecule has 0 amide bonds. The Hall–Kier alpha value is -2.78. The van der Waals surface area contributed by atoms with Crippen LogP contribution in [0.4, 0.5) is 17.1 Å². The molecule has 0 heterocycles. The first kappa shape index (κ1) is 39.4. The quantitative estimate of drug-likeness (QED) is 0.105. The number of allylic oxidation sites excluding steroid dienone is 5. The van der Waals surface area contributed by atoms with Gasteiger partial charge in [-0.05, 0) is 77.7 Å². The zero-order valence-corrected chi connectivity index (χ0v) is 33.1. The standard InChI is InChI=1S/C39H34Cl6N2O3S/c1-3-5-19-46(38-32(42)21-27(40)22-33(38)43)29-15-11-25(12-16-29)37(31-9-7-8-10-36(31)51(48,49)50)26-13-17-30(18-14-26)47(20-6-4-2)39-34(44)23-28(41)24-35(39)45/h7-18,21-24H,3-6,19-20H2,1-2H3. The largest absolute Gasteiger partial charge is 0.744 e. The molecule has 4 aromatic rings. The summed E-state index contributed by atoms with van der Waals surface area (Å²) in [6.07, 6.45) is 11.3. The van der Waals surface area contributed by atoms with Gasteiger partial charge in [-0.1, -0.05) is 127 Å². The van der Waals surface area contributed by atoms with Crippen LogP contribution in [0.2, 0.25) is 30.1 Å². The van der Waals surface area contributed by atoms with Crippen molar-refractivity contribution < 1.29 is 17.5 Å². The normalized spacial score (nSPS) is 12.8. The third-order valence-electron chi connectivity index (χ3n) is 8.33. The molecule has 0 saturated heterocycles. The Labute approximate surface area is 329 Å². The summed E-state index contributed by atoms with van der Waals surface area (Å²) in [6.45, 7) is 5.48. The monoisotopic (exact) mass is 820 g/mol. The Morgan fingerprint density at radius 1 is 0.725 bits per heavy atom. The first-order chi connectivity index (χ1) is 24.3. The minimum atomic E-state index is -4.82. The lowest BCUT2D eigenvalue weighted by Gasteiger charge is -2.27. The Bertz CT molecular complexity index is 2110. The summed E-state index contributed by atoms with van der Waals surface area (Å²) >= 11 is 39.1. The van der Waals surface area contributed by atoms with E-state index in [1.54, 1.807) is 36.4 Å². The van der Waals surface area contributed by atoms with E-state index in [0.29, 0.717) is 71.3 Å². The smallest absolute Gasteiger partial charge is 0.243 e. The second kappa shape index (κ2) is 17.4. The van der Waals surface area contributed by atoms with Crippen molar-refractivity contribution in [3.05, 3.63) is 144 Å². The van der Waals surface area contributed by atoms with Crippen LogP contribution in [0, 0.1) is 0 Å². The van der Waals surface area contributed by atoms with E-state index in [-0.39, 0.29) is 10.5 Å². The molecule has 5 rings (SSSR count). The van der Waals surface area contributed by atoms with Crippen LogP contribution in [-0.4, -0.2) is 36.3 Å². The van der Waals surface area contributed by atoms with E-state index in [0.717, 1.165) is 37.1 Å². The van der Waals surface area contributed by atoms with Crippen LogP contribution in [0.5, 0.6) is 0 Å². The van der Waals surface area contributed by atoms with Crippen molar-refractivity contribution in [3.63, 3.8) is 0 Å². The second-order valence-electron chi connectivity index (χ2n) is 11.9. The molecule has 0 spiro atoms. The van der Waals surface area contributed by atoms with Crippen LogP contribution in [0.25, 0.3) is 5.57 Å². The molecule has 1 aliphatic carbocycles. The zero-order valence-electron chi connectivity index (χ0n) is 27.8. The van der Waals surface area contributed by atoms with Crippen LogP contribution >= 0.6 is 69.6 Å². The summed E-state index contributed by atoms with van der Waals surface area (Å²) in [4.78, 5) is 1.72. The molecule has 0 aromatic heterocycles. The van der Waals surface area contributed by atoms with Crippen LogP contribution in [-0.2, 0) is 10.1 Å². The molecule has 0 bridgehead atoms. The number of halogens is 6. The molecule has 0 atom stereocenters. The maximum absolute atomic E-state index is 12.5. The van der Waals surface area contributed by atoms with Crippen molar-refractivity contribution in [2.24, 2.45) is 0 Å². The van der Waals surface area contributed by atoms with Gasteiger partial charge in [-0.15, -0.1) is 0 Å². The highest BCUT2D eigenvalue weighted by atomic mass is 35.5. The highest BCUT2D eigenvalue weighted by Gasteiger charge is 2.25. The van der Waals surface area contributed by atoms with Gasteiger partial charge in [0.25, 0.3) is 0 Å². The number of benzene rings is 4. The fraction of sp³-hybridized carbons (Fsp3) is 0.205.